The number of esters is 1. The molecule has 0 amide bonds. The fourth-order valence-electron chi connectivity index (χ4n) is 4.55. The van der Waals surface area contributed by atoms with Gasteiger partial charge in [0.05, 0.1) is 29.4 Å². The summed E-state index contributed by atoms with van der Waals surface area (Å²) in [5.41, 5.74) is 2.43. The number of unbranched alkanes of at least 4 members (excludes halogenated alkanes) is 1. The summed E-state index contributed by atoms with van der Waals surface area (Å²) >= 11 is 11.9. The van der Waals surface area contributed by atoms with E-state index in [4.69, 9.17) is 38.4 Å². The molecular weight excluding hydrogens is 448 g/mol. The molecule has 0 heterocycles. The number of fused-ring (bicyclic) bond motifs is 1. The van der Waals surface area contributed by atoms with Gasteiger partial charge in [-0.25, -0.2) is 9.18 Å². The van der Waals surface area contributed by atoms with Crippen LogP contribution in [0.25, 0.3) is 0 Å². The number of carbonyl (C=O) groups excluding carboxylic acids is 1. The molecule has 3 N–H and O–H groups in total. The topological polar surface area (TPSA) is 98.9 Å². The molecule has 5 atom stereocenters. The molecule has 1 aromatic carbocycles. The van der Waals surface area contributed by atoms with Crippen LogP contribution >= 0.6 is 23.2 Å². The molecule has 0 unspecified atom stereocenters. The van der Waals surface area contributed by atoms with Crippen LogP contribution in [0, 0.1) is 17.8 Å². The molecule has 0 bridgehead atoms. The summed E-state index contributed by atoms with van der Waals surface area (Å²) in [5, 5.41) is 10.5. The summed E-state index contributed by atoms with van der Waals surface area (Å²) in [7, 11) is 0. The van der Waals surface area contributed by atoms with E-state index in [0.717, 1.165) is 12.8 Å². The molecule has 2 fully saturated rings. The van der Waals surface area contributed by atoms with Crippen LogP contribution in [-0.2, 0) is 25.7 Å². The molecule has 2 aliphatic carbocycles. The number of carboxylic acids is 1. The molecule has 31 heavy (non-hydrogen) atoms. The van der Waals surface area contributed by atoms with E-state index in [2.05, 4.69) is 13.8 Å². The molecule has 0 aromatic heterocycles. The van der Waals surface area contributed by atoms with Crippen LogP contribution < -0.4 is 5.73 Å². The fourth-order valence-corrected chi connectivity index (χ4v) is 4.87. The lowest BCUT2D eigenvalue weighted by molar-refractivity contribution is -0.159. The Hall–Kier alpha value is -1.41. The van der Waals surface area contributed by atoms with E-state index in [1.807, 2.05) is 0 Å². The minimum Gasteiger partial charge on any atom is -0.480 e. The summed E-state index contributed by atoms with van der Waals surface area (Å²) in [6.07, 6.45) is 1.58. The average molecular weight is 476 g/mol. The van der Waals surface area contributed by atoms with Crippen LogP contribution in [-0.4, -0.2) is 41.0 Å². The molecule has 1 aromatic rings. The number of hydrogen-bond donors (Lipinski definition) is 2. The van der Waals surface area contributed by atoms with Gasteiger partial charge in [-0.3, -0.25) is 4.79 Å². The van der Waals surface area contributed by atoms with Crippen molar-refractivity contribution in [3.63, 3.8) is 0 Å². The van der Waals surface area contributed by atoms with Crippen LogP contribution in [0.5, 0.6) is 0 Å². The summed E-state index contributed by atoms with van der Waals surface area (Å²) in [6, 6.07) is 4.90. The Balaban J connectivity index is 1.61. The number of benzene rings is 1. The Morgan fingerprint density at radius 2 is 2.00 bits per heavy atom. The number of ether oxygens (including phenoxy) is 2. The molecule has 0 aliphatic heterocycles. The predicted molar refractivity (Wildman–Crippen MR) is 115 cm³/mol. The lowest BCUT2D eigenvalue weighted by Gasteiger charge is -2.32. The van der Waals surface area contributed by atoms with Gasteiger partial charge in [0, 0.05) is 11.8 Å². The molecular formula is C22H28Cl2FNO5. The molecule has 2 saturated carbocycles. The van der Waals surface area contributed by atoms with E-state index in [-0.39, 0.29) is 19.6 Å². The number of carbonyl (C=O) groups is 2. The SMILES string of the molecule is CC(C)CCCCOC(=O)[C@@]1(F)[C@@H]2C[C@@H](OCc3ccc(Cl)c(Cl)c3)[C@@](N)(C(=O)O)[C@@H]21. The molecule has 0 radical (unpaired) electrons. The minimum atomic E-state index is -2.38. The predicted octanol–water partition coefficient (Wildman–Crippen LogP) is 4.39. The van der Waals surface area contributed by atoms with Crippen LogP contribution in [0.1, 0.15) is 45.1 Å². The van der Waals surface area contributed by atoms with Crippen LogP contribution in [0.2, 0.25) is 10.0 Å². The van der Waals surface area contributed by atoms with Crippen molar-refractivity contribution < 1.29 is 28.6 Å². The van der Waals surface area contributed by atoms with E-state index in [0.29, 0.717) is 27.9 Å². The zero-order chi connectivity index (χ0) is 23.0. The van der Waals surface area contributed by atoms with Gasteiger partial charge in [-0.1, -0.05) is 49.5 Å². The first-order valence-corrected chi connectivity index (χ1v) is 11.2. The quantitative estimate of drug-likeness (QED) is 0.384. The van der Waals surface area contributed by atoms with Crippen molar-refractivity contribution in [2.45, 2.75) is 63.4 Å². The molecule has 3 rings (SSSR count). The molecule has 9 heteroatoms. The normalized spacial score (nSPS) is 31.5. The van der Waals surface area contributed by atoms with Crippen molar-refractivity contribution in [3.8, 4) is 0 Å². The summed E-state index contributed by atoms with van der Waals surface area (Å²) < 4.78 is 26.3. The highest BCUT2D eigenvalue weighted by Crippen LogP contribution is 2.67. The van der Waals surface area contributed by atoms with E-state index in [9.17, 15) is 14.7 Å². The third-order valence-electron chi connectivity index (χ3n) is 6.33. The maximum absolute atomic E-state index is 15.4. The number of halogens is 3. The first-order chi connectivity index (χ1) is 14.5. The van der Waals surface area contributed by atoms with Gasteiger partial charge >= 0.3 is 11.9 Å². The first kappa shape index (κ1) is 24.2. The van der Waals surface area contributed by atoms with Gasteiger partial charge in [0.1, 0.15) is 5.54 Å². The van der Waals surface area contributed by atoms with Crippen LogP contribution in [0.4, 0.5) is 4.39 Å². The Labute approximate surface area is 191 Å². The van der Waals surface area contributed by atoms with Crippen molar-refractivity contribution in [1.29, 1.82) is 0 Å². The molecule has 6 nitrogen and oxygen atoms in total. The summed E-state index contributed by atoms with van der Waals surface area (Å²) in [6.45, 7) is 4.34. The van der Waals surface area contributed by atoms with E-state index in [1.165, 1.54) is 0 Å². The zero-order valence-corrected chi connectivity index (χ0v) is 19.1. The van der Waals surface area contributed by atoms with E-state index >= 15 is 4.39 Å². The molecule has 0 spiro atoms. The van der Waals surface area contributed by atoms with Gasteiger partial charge < -0.3 is 20.3 Å². The summed E-state index contributed by atoms with van der Waals surface area (Å²) in [4.78, 5) is 24.4. The second-order valence-electron chi connectivity index (χ2n) is 8.90. The van der Waals surface area contributed by atoms with E-state index < -0.39 is 41.1 Å². The number of alkyl halides is 1. The first-order valence-electron chi connectivity index (χ1n) is 10.5. The van der Waals surface area contributed by atoms with Crippen molar-refractivity contribution in [3.05, 3.63) is 33.8 Å². The zero-order valence-electron chi connectivity index (χ0n) is 17.6. The van der Waals surface area contributed by atoms with Crippen molar-refractivity contribution >= 4 is 35.1 Å². The molecule has 172 valence electrons. The number of nitrogens with two attached hydrogens (primary N) is 1. The Bertz CT molecular complexity index is 853. The van der Waals surface area contributed by atoms with Gasteiger partial charge in [0.2, 0.25) is 5.67 Å². The Kier molecular flexibility index (Phi) is 7.21. The maximum atomic E-state index is 15.4. The number of aliphatic carboxylic acids is 1. The van der Waals surface area contributed by atoms with Gasteiger partial charge in [-0.05, 0) is 42.9 Å². The van der Waals surface area contributed by atoms with Gasteiger partial charge in [0.15, 0.2) is 0 Å². The van der Waals surface area contributed by atoms with Gasteiger partial charge in [-0.15, -0.1) is 0 Å². The second-order valence-corrected chi connectivity index (χ2v) is 9.71. The highest BCUT2D eigenvalue weighted by molar-refractivity contribution is 6.42. The number of carboxylic acid groups (broad SMARTS) is 1. The Morgan fingerprint density at radius 1 is 1.29 bits per heavy atom. The summed E-state index contributed by atoms with van der Waals surface area (Å²) in [5.74, 6) is -3.90. The highest BCUT2D eigenvalue weighted by Gasteiger charge is 2.85. The number of hydrogen-bond acceptors (Lipinski definition) is 5. The molecule has 2 aliphatic rings. The highest BCUT2D eigenvalue weighted by atomic mass is 35.5. The van der Waals surface area contributed by atoms with Crippen molar-refractivity contribution in [2.24, 2.45) is 23.5 Å². The smallest absolute Gasteiger partial charge is 0.344 e. The van der Waals surface area contributed by atoms with Crippen LogP contribution in [0.15, 0.2) is 18.2 Å². The van der Waals surface area contributed by atoms with Gasteiger partial charge in [0.25, 0.3) is 0 Å². The van der Waals surface area contributed by atoms with Crippen LogP contribution in [0.3, 0.4) is 0 Å². The van der Waals surface area contributed by atoms with Gasteiger partial charge in [-0.2, -0.15) is 0 Å². The average Bonchev–Trinajstić information content (AvgIpc) is 3.17. The van der Waals surface area contributed by atoms with Crippen molar-refractivity contribution in [1.82, 2.24) is 0 Å². The maximum Gasteiger partial charge on any atom is 0.344 e. The lowest BCUT2D eigenvalue weighted by Crippen LogP contribution is -2.60. The Morgan fingerprint density at radius 3 is 2.61 bits per heavy atom. The monoisotopic (exact) mass is 475 g/mol. The third kappa shape index (κ3) is 4.56. The van der Waals surface area contributed by atoms with E-state index in [1.54, 1.807) is 18.2 Å². The third-order valence-corrected chi connectivity index (χ3v) is 7.07. The lowest BCUT2D eigenvalue weighted by atomic mass is 9.88. The number of rotatable bonds is 10. The molecule has 0 saturated heterocycles. The largest absolute Gasteiger partial charge is 0.480 e. The fraction of sp³-hybridized carbons (Fsp3) is 0.636. The standard InChI is InChI=1S/C22H28Cl2FNO5/c1-12(2)5-3-4-8-30-20(29)21(25)14-10-17(22(26,18(14)21)19(27)28)31-11-13-6-7-15(23)16(24)9-13/h6-7,9,12,14,17-18H,3-5,8,10-11,26H2,1-2H3,(H,27,28)/t14-,17-,18+,21-,22+/m1/s1. The second kappa shape index (κ2) is 9.22. The minimum absolute atomic E-state index is 0.0216. The van der Waals surface area contributed by atoms with Crippen molar-refractivity contribution in [2.75, 3.05) is 6.61 Å².